The first kappa shape index (κ1) is 23.5. The molecular formula is C28H31N3O3. The lowest BCUT2D eigenvalue weighted by Gasteiger charge is -2.31. The van der Waals surface area contributed by atoms with Crippen LogP contribution in [0.5, 0.6) is 0 Å². The summed E-state index contributed by atoms with van der Waals surface area (Å²) in [4.78, 5) is 42.8. The first-order valence-electron chi connectivity index (χ1n) is 11.9. The first-order chi connectivity index (χ1) is 16.4. The molecule has 0 aromatic heterocycles. The Bertz CT molecular complexity index is 1200. The molecule has 1 N–H and O–H groups in total. The van der Waals surface area contributed by atoms with Crippen LogP contribution in [0.3, 0.4) is 0 Å². The highest BCUT2D eigenvalue weighted by molar-refractivity contribution is 6.26. The fourth-order valence-corrected chi connectivity index (χ4v) is 4.40. The molecule has 2 atom stereocenters. The summed E-state index contributed by atoms with van der Waals surface area (Å²) in [5, 5.41) is 4.83. The molecule has 3 aromatic carbocycles. The van der Waals surface area contributed by atoms with E-state index in [0.717, 1.165) is 28.4 Å². The van der Waals surface area contributed by atoms with Gasteiger partial charge in [-0.2, -0.15) is 0 Å². The predicted molar refractivity (Wildman–Crippen MR) is 135 cm³/mol. The molecule has 0 radical (unpaired) electrons. The molecule has 0 spiro atoms. The van der Waals surface area contributed by atoms with Gasteiger partial charge < -0.3 is 10.2 Å². The molecule has 2 unspecified atom stereocenters. The van der Waals surface area contributed by atoms with Crippen molar-refractivity contribution in [2.45, 2.75) is 45.7 Å². The summed E-state index contributed by atoms with van der Waals surface area (Å²) >= 11 is 0. The third-order valence-electron chi connectivity index (χ3n) is 6.59. The van der Waals surface area contributed by atoms with Crippen molar-refractivity contribution >= 4 is 34.2 Å². The molecule has 6 nitrogen and oxygen atoms in total. The van der Waals surface area contributed by atoms with Gasteiger partial charge in [0.1, 0.15) is 12.6 Å². The predicted octanol–water partition coefficient (Wildman–Crippen LogP) is 4.17. The van der Waals surface area contributed by atoms with Gasteiger partial charge in [-0.15, -0.1) is 0 Å². The molecule has 1 heterocycles. The zero-order valence-electron chi connectivity index (χ0n) is 20.0. The fraction of sp³-hybridized carbons (Fsp3) is 0.321. The summed E-state index contributed by atoms with van der Waals surface area (Å²) in [6.45, 7) is 5.98. The number of hydrogen-bond acceptors (Lipinski definition) is 3. The van der Waals surface area contributed by atoms with Crippen molar-refractivity contribution in [2.75, 3.05) is 18.0 Å². The van der Waals surface area contributed by atoms with Gasteiger partial charge in [0.2, 0.25) is 11.8 Å². The van der Waals surface area contributed by atoms with Crippen molar-refractivity contribution in [2.24, 2.45) is 0 Å². The van der Waals surface area contributed by atoms with Crippen LogP contribution in [0, 0.1) is 0 Å². The molecule has 0 saturated carbocycles. The average molecular weight is 458 g/mol. The molecule has 3 aromatic rings. The van der Waals surface area contributed by atoms with Crippen LogP contribution in [-0.2, 0) is 16.0 Å². The molecule has 4 rings (SSSR count). The van der Waals surface area contributed by atoms with Crippen LogP contribution in [0.2, 0.25) is 0 Å². The van der Waals surface area contributed by atoms with Gasteiger partial charge in [0.05, 0.1) is 5.69 Å². The molecule has 0 saturated heterocycles. The zero-order chi connectivity index (χ0) is 24.2. The molecule has 34 heavy (non-hydrogen) atoms. The maximum absolute atomic E-state index is 13.6. The minimum absolute atomic E-state index is 0.0216. The Labute approximate surface area is 200 Å². The molecule has 0 bridgehead atoms. The minimum Gasteiger partial charge on any atom is -0.352 e. The van der Waals surface area contributed by atoms with Crippen molar-refractivity contribution in [1.82, 2.24) is 10.2 Å². The third-order valence-corrected chi connectivity index (χ3v) is 6.59. The van der Waals surface area contributed by atoms with Gasteiger partial charge in [-0.1, -0.05) is 61.5 Å². The monoisotopic (exact) mass is 457 g/mol. The normalized spacial score (nSPS) is 14.2. The summed E-state index contributed by atoms with van der Waals surface area (Å²) < 4.78 is 0. The number of nitrogens with zero attached hydrogens (tertiary/aromatic N) is 2. The Hall–Kier alpha value is -3.67. The van der Waals surface area contributed by atoms with E-state index in [0.29, 0.717) is 18.5 Å². The van der Waals surface area contributed by atoms with Crippen LogP contribution in [0.15, 0.2) is 66.7 Å². The van der Waals surface area contributed by atoms with Crippen molar-refractivity contribution in [3.05, 3.63) is 77.9 Å². The maximum Gasteiger partial charge on any atom is 0.259 e. The molecular weight excluding hydrogens is 426 g/mol. The van der Waals surface area contributed by atoms with Crippen LogP contribution in [-0.4, -0.2) is 47.8 Å². The topological polar surface area (TPSA) is 69.7 Å². The van der Waals surface area contributed by atoms with Gasteiger partial charge in [-0.3, -0.25) is 19.3 Å². The van der Waals surface area contributed by atoms with Gasteiger partial charge in [0.15, 0.2) is 0 Å². The van der Waals surface area contributed by atoms with E-state index in [2.05, 4.69) is 5.32 Å². The van der Waals surface area contributed by atoms with E-state index in [1.54, 1.807) is 17.9 Å². The van der Waals surface area contributed by atoms with Crippen LogP contribution in [0.25, 0.3) is 10.8 Å². The highest BCUT2D eigenvalue weighted by Crippen LogP contribution is 2.37. The number of amides is 3. The number of hydrogen-bond donors (Lipinski definition) is 1. The molecule has 3 amide bonds. The Morgan fingerprint density at radius 1 is 0.971 bits per heavy atom. The third kappa shape index (κ3) is 4.67. The van der Waals surface area contributed by atoms with Crippen molar-refractivity contribution in [3.8, 4) is 0 Å². The van der Waals surface area contributed by atoms with Crippen LogP contribution in [0.4, 0.5) is 5.69 Å². The molecule has 1 aliphatic rings. The second-order valence-electron chi connectivity index (χ2n) is 8.89. The van der Waals surface area contributed by atoms with Gasteiger partial charge in [-0.25, -0.2) is 0 Å². The fourth-order valence-electron chi connectivity index (χ4n) is 4.40. The second-order valence-corrected chi connectivity index (χ2v) is 8.89. The van der Waals surface area contributed by atoms with E-state index >= 15 is 0 Å². The average Bonchev–Trinajstić information content (AvgIpc) is 3.12. The van der Waals surface area contributed by atoms with Gasteiger partial charge in [0, 0.05) is 23.5 Å². The van der Waals surface area contributed by atoms with Gasteiger partial charge >= 0.3 is 0 Å². The molecule has 176 valence electrons. The lowest BCUT2D eigenvalue weighted by Crippen LogP contribution is -2.53. The van der Waals surface area contributed by atoms with Crippen molar-refractivity contribution < 1.29 is 14.4 Å². The number of carbonyl (C=O) groups is 3. The van der Waals surface area contributed by atoms with E-state index in [1.165, 1.54) is 4.90 Å². The Kier molecular flexibility index (Phi) is 6.96. The lowest BCUT2D eigenvalue weighted by atomic mass is 10.1. The van der Waals surface area contributed by atoms with E-state index < -0.39 is 6.04 Å². The highest BCUT2D eigenvalue weighted by atomic mass is 16.2. The van der Waals surface area contributed by atoms with Gasteiger partial charge in [0.25, 0.3) is 5.91 Å². The quantitative estimate of drug-likeness (QED) is 0.524. The number of anilines is 1. The molecule has 0 aliphatic carbocycles. The summed E-state index contributed by atoms with van der Waals surface area (Å²) in [6, 6.07) is 20.6. The summed E-state index contributed by atoms with van der Waals surface area (Å²) in [5.41, 5.74) is 2.44. The molecule has 1 aliphatic heterocycles. The van der Waals surface area contributed by atoms with Crippen LogP contribution < -0.4 is 10.2 Å². The van der Waals surface area contributed by atoms with E-state index in [1.807, 2.05) is 74.5 Å². The Balaban J connectivity index is 1.57. The van der Waals surface area contributed by atoms with Crippen molar-refractivity contribution in [3.63, 3.8) is 0 Å². The maximum atomic E-state index is 13.6. The van der Waals surface area contributed by atoms with E-state index in [-0.39, 0.29) is 30.3 Å². The molecule has 6 heteroatoms. The summed E-state index contributed by atoms with van der Waals surface area (Å²) in [5.74, 6) is -0.616. The number of rotatable bonds is 9. The highest BCUT2D eigenvalue weighted by Gasteiger charge is 2.34. The first-order valence-corrected chi connectivity index (χ1v) is 11.9. The molecule has 0 fully saturated rings. The summed E-state index contributed by atoms with van der Waals surface area (Å²) in [7, 11) is 0. The standard InChI is InChI=1S/C28H31N3O3/c1-4-19(2)29-27(33)20(3)30(17-16-21-10-6-5-7-11-21)25(32)18-31-24-15-9-13-22-12-8-14-23(26(22)24)28(31)34/h5-15,19-20H,4,16-18H2,1-3H3,(H,29,33). The Morgan fingerprint density at radius 2 is 1.68 bits per heavy atom. The van der Waals surface area contributed by atoms with E-state index in [9.17, 15) is 14.4 Å². The van der Waals surface area contributed by atoms with E-state index in [4.69, 9.17) is 0 Å². The lowest BCUT2D eigenvalue weighted by molar-refractivity contribution is -0.139. The number of carbonyl (C=O) groups excluding carboxylic acids is 3. The van der Waals surface area contributed by atoms with Crippen molar-refractivity contribution in [1.29, 1.82) is 0 Å². The minimum atomic E-state index is -0.652. The van der Waals surface area contributed by atoms with Crippen LogP contribution >= 0.6 is 0 Å². The Morgan fingerprint density at radius 3 is 2.38 bits per heavy atom. The zero-order valence-corrected chi connectivity index (χ0v) is 20.0. The number of nitrogens with one attached hydrogen (secondary N) is 1. The number of benzene rings is 3. The van der Waals surface area contributed by atoms with Gasteiger partial charge in [-0.05, 0) is 49.8 Å². The van der Waals surface area contributed by atoms with Crippen LogP contribution in [0.1, 0.15) is 43.1 Å². The smallest absolute Gasteiger partial charge is 0.259 e. The largest absolute Gasteiger partial charge is 0.352 e. The summed E-state index contributed by atoms with van der Waals surface area (Å²) in [6.07, 6.45) is 1.43. The SMILES string of the molecule is CCC(C)NC(=O)C(C)N(CCc1ccccc1)C(=O)CN1C(=O)c2cccc3cccc1c23. The second kappa shape index (κ2) is 10.1.